The number of para-hydroxylation sites is 1. The second-order valence-electron chi connectivity index (χ2n) is 5.72. The lowest BCUT2D eigenvalue weighted by Gasteiger charge is -2.33. The van der Waals surface area contributed by atoms with Crippen LogP contribution in [-0.4, -0.2) is 36.2 Å². The number of nitrogens with one attached hydrogen (secondary N) is 2. The summed E-state index contributed by atoms with van der Waals surface area (Å²) in [5, 5.41) is 3.57. The van der Waals surface area contributed by atoms with Crippen molar-refractivity contribution in [3.8, 4) is 5.75 Å². The van der Waals surface area contributed by atoms with Crippen molar-refractivity contribution in [2.75, 3.05) is 25.1 Å². The molecule has 0 amide bonds. The van der Waals surface area contributed by atoms with Crippen molar-refractivity contribution < 1.29 is 4.74 Å². The monoisotopic (exact) mass is 314 g/mol. The van der Waals surface area contributed by atoms with Crippen molar-refractivity contribution in [3.05, 3.63) is 52.6 Å². The van der Waals surface area contributed by atoms with E-state index in [1.54, 1.807) is 19.5 Å². The zero-order valence-electron chi connectivity index (χ0n) is 13.3. The number of hydrogen-bond donors (Lipinski definition) is 2. The average molecular weight is 314 g/mol. The van der Waals surface area contributed by atoms with Crippen LogP contribution >= 0.6 is 0 Å². The Morgan fingerprint density at radius 3 is 3.13 bits per heavy atom. The molecule has 1 unspecified atom stereocenters. The van der Waals surface area contributed by atoms with E-state index in [1.165, 1.54) is 0 Å². The molecule has 3 rings (SSSR count). The van der Waals surface area contributed by atoms with Gasteiger partial charge in [-0.25, -0.2) is 4.98 Å². The standard InChI is InChI=1S/C17H22N4O2/c1-23-15-7-3-2-5-13(15)11-20-14-6-4-10-21(12-14)16-17(22)19-9-8-18-16/h2-3,5,7-9,14,20H,4,6,10-12H2,1H3,(H,19,22). The Morgan fingerprint density at radius 1 is 1.43 bits per heavy atom. The Balaban J connectivity index is 1.63. The van der Waals surface area contributed by atoms with Crippen molar-refractivity contribution in [1.29, 1.82) is 0 Å². The fourth-order valence-electron chi connectivity index (χ4n) is 3.01. The Bertz CT molecular complexity index is 701. The molecule has 1 aromatic heterocycles. The van der Waals surface area contributed by atoms with Gasteiger partial charge in [-0.15, -0.1) is 0 Å². The molecule has 0 aliphatic carbocycles. The Labute approximate surface area is 135 Å². The van der Waals surface area contributed by atoms with E-state index < -0.39 is 0 Å². The quantitative estimate of drug-likeness (QED) is 0.876. The highest BCUT2D eigenvalue weighted by Crippen LogP contribution is 2.19. The third-order valence-electron chi connectivity index (χ3n) is 4.18. The lowest BCUT2D eigenvalue weighted by atomic mass is 10.1. The molecular formula is C17H22N4O2. The van der Waals surface area contributed by atoms with Gasteiger partial charge in [0, 0.05) is 43.6 Å². The van der Waals surface area contributed by atoms with Gasteiger partial charge >= 0.3 is 0 Å². The van der Waals surface area contributed by atoms with Crippen molar-refractivity contribution in [2.24, 2.45) is 0 Å². The Morgan fingerprint density at radius 2 is 2.30 bits per heavy atom. The summed E-state index contributed by atoms with van der Waals surface area (Å²) in [5.41, 5.74) is 1.01. The SMILES string of the molecule is COc1ccccc1CNC1CCCN(c2ncc[nH]c2=O)C1. The summed E-state index contributed by atoms with van der Waals surface area (Å²) in [6.45, 7) is 2.41. The first-order valence-corrected chi connectivity index (χ1v) is 7.92. The molecule has 6 heteroatoms. The van der Waals surface area contributed by atoms with Gasteiger partial charge in [-0.05, 0) is 18.9 Å². The smallest absolute Gasteiger partial charge is 0.290 e. The molecular weight excluding hydrogens is 292 g/mol. The lowest BCUT2D eigenvalue weighted by Crippen LogP contribution is -2.47. The minimum atomic E-state index is -0.127. The van der Waals surface area contributed by atoms with E-state index in [4.69, 9.17) is 4.74 Å². The van der Waals surface area contributed by atoms with Gasteiger partial charge in [0.05, 0.1) is 7.11 Å². The van der Waals surface area contributed by atoms with Crippen LogP contribution in [0.25, 0.3) is 0 Å². The molecule has 2 aromatic rings. The average Bonchev–Trinajstić information content (AvgIpc) is 2.61. The summed E-state index contributed by atoms with van der Waals surface area (Å²) in [6, 6.07) is 8.35. The van der Waals surface area contributed by atoms with Gasteiger partial charge in [0.1, 0.15) is 5.75 Å². The zero-order valence-corrected chi connectivity index (χ0v) is 13.3. The molecule has 1 aliphatic heterocycles. The Hall–Kier alpha value is -2.34. The molecule has 1 atom stereocenters. The van der Waals surface area contributed by atoms with E-state index in [0.29, 0.717) is 11.9 Å². The largest absolute Gasteiger partial charge is 0.496 e. The lowest BCUT2D eigenvalue weighted by molar-refractivity contribution is 0.394. The number of hydrogen-bond acceptors (Lipinski definition) is 5. The summed E-state index contributed by atoms with van der Waals surface area (Å²) in [6.07, 6.45) is 5.33. The van der Waals surface area contributed by atoms with E-state index in [2.05, 4.69) is 26.3 Å². The molecule has 23 heavy (non-hydrogen) atoms. The zero-order chi connectivity index (χ0) is 16.1. The molecule has 0 saturated carbocycles. The van der Waals surface area contributed by atoms with E-state index in [1.807, 2.05) is 18.2 Å². The molecule has 122 valence electrons. The van der Waals surface area contributed by atoms with Crippen LogP contribution < -0.4 is 20.5 Å². The van der Waals surface area contributed by atoms with Gasteiger partial charge in [0.2, 0.25) is 0 Å². The van der Waals surface area contributed by atoms with Crippen molar-refractivity contribution >= 4 is 5.82 Å². The molecule has 2 heterocycles. The van der Waals surface area contributed by atoms with E-state index in [9.17, 15) is 4.79 Å². The first-order valence-electron chi connectivity index (χ1n) is 7.92. The molecule has 0 bridgehead atoms. The third-order valence-corrected chi connectivity index (χ3v) is 4.18. The minimum absolute atomic E-state index is 0.127. The highest BCUT2D eigenvalue weighted by atomic mass is 16.5. The van der Waals surface area contributed by atoms with Crippen LogP contribution in [0.4, 0.5) is 5.82 Å². The maximum absolute atomic E-state index is 11.9. The molecule has 1 aromatic carbocycles. The fraction of sp³-hybridized carbons (Fsp3) is 0.412. The second kappa shape index (κ2) is 7.28. The number of piperidine rings is 1. The van der Waals surface area contributed by atoms with Gasteiger partial charge in [0.15, 0.2) is 5.82 Å². The van der Waals surface area contributed by atoms with Crippen LogP contribution in [0.15, 0.2) is 41.5 Å². The summed E-state index contributed by atoms with van der Waals surface area (Å²) in [5.74, 6) is 1.41. The normalized spacial score (nSPS) is 18.0. The van der Waals surface area contributed by atoms with Crippen LogP contribution in [0.3, 0.4) is 0 Å². The molecule has 6 nitrogen and oxygen atoms in total. The van der Waals surface area contributed by atoms with Gasteiger partial charge in [-0.2, -0.15) is 0 Å². The number of methoxy groups -OCH3 is 1. The van der Waals surface area contributed by atoms with E-state index >= 15 is 0 Å². The maximum Gasteiger partial charge on any atom is 0.290 e. The first kappa shape index (κ1) is 15.6. The minimum Gasteiger partial charge on any atom is -0.496 e. The van der Waals surface area contributed by atoms with E-state index in [0.717, 1.165) is 43.8 Å². The topological polar surface area (TPSA) is 70.2 Å². The van der Waals surface area contributed by atoms with Crippen molar-refractivity contribution in [2.45, 2.75) is 25.4 Å². The number of aromatic amines is 1. The summed E-state index contributed by atoms with van der Waals surface area (Å²) in [7, 11) is 1.69. The molecule has 1 saturated heterocycles. The fourth-order valence-corrected chi connectivity index (χ4v) is 3.01. The van der Waals surface area contributed by atoms with E-state index in [-0.39, 0.29) is 5.56 Å². The number of benzene rings is 1. The molecule has 2 N–H and O–H groups in total. The number of rotatable bonds is 5. The molecule has 0 spiro atoms. The predicted octanol–water partition coefficient (Wildman–Crippen LogP) is 1.54. The van der Waals surface area contributed by atoms with Crippen LogP contribution in [-0.2, 0) is 6.54 Å². The highest BCUT2D eigenvalue weighted by molar-refractivity contribution is 5.36. The van der Waals surface area contributed by atoms with Crippen molar-refractivity contribution in [1.82, 2.24) is 15.3 Å². The second-order valence-corrected chi connectivity index (χ2v) is 5.72. The number of ether oxygens (including phenoxy) is 1. The van der Waals surface area contributed by atoms with Crippen LogP contribution in [0, 0.1) is 0 Å². The van der Waals surface area contributed by atoms with Crippen LogP contribution in [0.5, 0.6) is 5.75 Å². The van der Waals surface area contributed by atoms with Crippen molar-refractivity contribution in [3.63, 3.8) is 0 Å². The van der Waals surface area contributed by atoms with Gasteiger partial charge < -0.3 is 19.9 Å². The Kier molecular flexibility index (Phi) is 4.92. The molecule has 1 fully saturated rings. The number of nitrogens with zero attached hydrogens (tertiary/aromatic N) is 2. The summed E-state index contributed by atoms with van der Waals surface area (Å²) < 4.78 is 5.39. The van der Waals surface area contributed by atoms with Crippen LogP contribution in [0.2, 0.25) is 0 Å². The summed E-state index contributed by atoms with van der Waals surface area (Å²) in [4.78, 5) is 20.9. The third kappa shape index (κ3) is 3.71. The number of aromatic nitrogens is 2. The van der Waals surface area contributed by atoms with Gasteiger partial charge in [-0.1, -0.05) is 18.2 Å². The van der Waals surface area contributed by atoms with Gasteiger partial charge in [0.25, 0.3) is 5.56 Å². The van der Waals surface area contributed by atoms with Crippen LogP contribution in [0.1, 0.15) is 18.4 Å². The highest BCUT2D eigenvalue weighted by Gasteiger charge is 2.22. The van der Waals surface area contributed by atoms with Gasteiger partial charge in [-0.3, -0.25) is 4.79 Å². The summed E-state index contributed by atoms with van der Waals surface area (Å²) >= 11 is 0. The predicted molar refractivity (Wildman–Crippen MR) is 89.9 cm³/mol. The molecule has 0 radical (unpaired) electrons. The number of anilines is 1. The molecule has 1 aliphatic rings. The number of H-pyrrole nitrogens is 1. The maximum atomic E-state index is 11.9. The first-order chi connectivity index (χ1) is 11.3.